The molecule has 0 bridgehead atoms. The molecule has 1 aliphatic rings. The first-order valence-corrected chi connectivity index (χ1v) is 8.26. The van der Waals surface area contributed by atoms with Gasteiger partial charge >= 0.3 is 5.97 Å². The third-order valence-electron chi connectivity index (χ3n) is 4.50. The van der Waals surface area contributed by atoms with Crippen molar-refractivity contribution in [3.05, 3.63) is 35.4 Å². The minimum atomic E-state index is -0.421. The highest BCUT2D eigenvalue weighted by Crippen LogP contribution is 2.31. The van der Waals surface area contributed by atoms with Gasteiger partial charge in [0.25, 0.3) is 0 Å². The van der Waals surface area contributed by atoms with Crippen LogP contribution in [-0.4, -0.2) is 24.0 Å². The molecule has 0 spiro atoms. The fraction of sp³-hybridized carbons (Fsp3) is 0.556. The SMILES string of the molecule is CCOC(=O)c1ccc(CNC(=O)C2CCCCC2(C)N)cc1.Cl. The zero-order valence-electron chi connectivity index (χ0n) is 14.3. The second-order valence-electron chi connectivity index (χ2n) is 6.44. The number of benzene rings is 1. The van der Waals surface area contributed by atoms with Crippen LogP contribution < -0.4 is 11.1 Å². The summed E-state index contributed by atoms with van der Waals surface area (Å²) < 4.78 is 4.95. The first-order chi connectivity index (χ1) is 10.9. The number of hydrogen-bond acceptors (Lipinski definition) is 4. The van der Waals surface area contributed by atoms with E-state index in [2.05, 4.69) is 5.32 Å². The topological polar surface area (TPSA) is 81.4 Å². The zero-order valence-corrected chi connectivity index (χ0v) is 15.2. The van der Waals surface area contributed by atoms with Crippen LogP contribution in [0.4, 0.5) is 0 Å². The summed E-state index contributed by atoms with van der Waals surface area (Å²) in [6, 6.07) is 7.09. The van der Waals surface area contributed by atoms with E-state index < -0.39 is 5.54 Å². The van der Waals surface area contributed by atoms with Gasteiger partial charge in [-0.3, -0.25) is 4.79 Å². The van der Waals surface area contributed by atoms with Gasteiger partial charge in [-0.15, -0.1) is 12.4 Å². The largest absolute Gasteiger partial charge is 0.462 e. The average Bonchev–Trinajstić information content (AvgIpc) is 2.53. The Labute approximate surface area is 149 Å². The summed E-state index contributed by atoms with van der Waals surface area (Å²) in [4.78, 5) is 24.0. The third kappa shape index (κ3) is 5.21. The van der Waals surface area contributed by atoms with Crippen molar-refractivity contribution < 1.29 is 14.3 Å². The summed E-state index contributed by atoms with van der Waals surface area (Å²) >= 11 is 0. The standard InChI is InChI=1S/C18H26N2O3.ClH/c1-3-23-17(22)14-9-7-13(8-10-14)12-20-16(21)15-6-4-5-11-18(15,2)19;/h7-10,15H,3-6,11-12,19H2,1-2H3,(H,20,21);1H. The van der Waals surface area contributed by atoms with Gasteiger partial charge in [0, 0.05) is 12.1 Å². The van der Waals surface area contributed by atoms with Crippen LogP contribution in [0.5, 0.6) is 0 Å². The van der Waals surface area contributed by atoms with Gasteiger partial charge in [0.2, 0.25) is 5.91 Å². The van der Waals surface area contributed by atoms with Gasteiger partial charge in [-0.1, -0.05) is 25.0 Å². The lowest BCUT2D eigenvalue weighted by molar-refractivity contribution is -0.128. The monoisotopic (exact) mass is 354 g/mol. The molecule has 1 amide bonds. The Morgan fingerprint density at radius 1 is 1.29 bits per heavy atom. The molecule has 0 saturated heterocycles. The van der Waals surface area contributed by atoms with Crippen LogP contribution in [0.25, 0.3) is 0 Å². The minimum Gasteiger partial charge on any atom is -0.462 e. The minimum absolute atomic E-state index is 0. The van der Waals surface area contributed by atoms with Crippen LogP contribution in [0.15, 0.2) is 24.3 Å². The Kier molecular flexibility index (Phi) is 7.70. The molecule has 24 heavy (non-hydrogen) atoms. The quantitative estimate of drug-likeness (QED) is 0.796. The molecule has 0 heterocycles. The van der Waals surface area contributed by atoms with E-state index in [0.29, 0.717) is 18.7 Å². The summed E-state index contributed by atoms with van der Waals surface area (Å²) in [5.74, 6) is -0.441. The van der Waals surface area contributed by atoms with E-state index in [1.165, 1.54) is 0 Å². The molecular formula is C18H27ClN2O3. The number of ether oxygens (including phenoxy) is 1. The first-order valence-electron chi connectivity index (χ1n) is 8.26. The molecule has 5 nitrogen and oxygen atoms in total. The van der Waals surface area contributed by atoms with Crippen LogP contribution in [-0.2, 0) is 16.1 Å². The van der Waals surface area contributed by atoms with E-state index in [0.717, 1.165) is 31.2 Å². The van der Waals surface area contributed by atoms with Gasteiger partial charge < -0.3 is 15.8 Å². The molecule has 0 radical (unpaired) electrons. The van der Waals surface area contributed by atoms with Crippen LogP contribution in [0.2, 0.25) is 0 Å². The molecule has 3 N–H and O–H groups in total. The van der Waals surface area contributed by atoms with Crippen LogP contribution in [0, 0.1) is 5.92 Å². The number of nitrogens with two attached hydrogens (primary N) is 1. The molecule has 6 heteroatoms. The van der Waals surface area contributed by atoms with Crippen molar-refractivity contribution in [2.24, 2.45) is 11.7 Å². The highest BCUT2D eigenvalue weighted by Gasteiger charge is 2.37. The summed E-state index contributed by atoms with van der Waals surface area (Å²) in [5.41, 5.74) is 7.30. The number of amides is 1. The number of hydrogen-bond donors (Lipinski definition) is 2. The fourth-order valence-corrected chi connectivity index (χ4v) is 3.07. The van der Waals surface area contributed by atoms with Gasteiger partial charge in [0.15, 0.2) is 0 Å². The predicted octanol–water partition coefficient (Wildman–Crippen LogP) is 2.81. The van der Waals surface area contributed by atoms with E-state index in [9.17, 15) is 9.59 Å². The molecule has 1 aromatic carbocycles. The van der Waals surface area contributed by atoms with Crippen molar-refractivity contribution >= 4 is 24.3 Å². The lowest BCUT2D eigenvalue weighted by Gasteiger charge is -2.37. The highest BCUT2D eigenvalue weighted by atomic mass is 35.5. The van der Waals surface area contributed by atoms with Gasteiger partial charge in [0.05, 0.1) is 18.1 Å². The van der Waals surface area contributed by atoms with E-state index >= 15 is 0 Å². The zero-order chi connectivity index (χ0) is 16.9. The first kappa shape index (κ1) is 20.5. The number of esters is 1. The van der Waals surface area contributed by atoms with Gasteiger partial charge in [-0.25, -0.2) is 4.79 Å². The summed E-state index contributed by atoms with van der Waals surface area (Å²) in [6.07, 6.45) is 3.88. The molecule has 1 aromatic rings. The molecule has 0 aliphatic heterocycles. The number of rotatable bonds is 5. The van der Waals surface area contributed by atoms with Crippen LogP contribution >= 0.6 is 12.4 Å². The van der Waals surface area contributed by atoms with E-state index in [1.54, 1.807) is 19.1 Å². The second-order valence-corrected chi connectivity index (χ2v) is 6.44. The molecule has 1 saturated carbocycles. The van der Waals surface area contributed by atoms with E-state index in [1.807, 2.05) is 19.1 Å². The summed E-state index contributed by atoms with van der Waals surface area (Å²) in [7, 11) is 0. The van der Waals surface area contributed by atoms with Crippen LogP contribution in [0.3, 0.4) is 0 Å². The van der Waals surface area contributed by atoms with Crippen molar-refractivity contribution in [1.29, 1.82) is 0 Å². The number of carbonyl (C=O) groups is 2. The lowest BCUT2D eigenvalue weighted by Crippen LogP contribution is -2.52. The van der Waals surface area contributed by atoms with E-state index in [-0.39, 0.29) is 30.2 Å². The maximum absolute atomic E-state index is 12.4. The molecular weight excluding hydrogens is 328 g/mol. The second kappa shape index (κ2) is 9.04. The van der Waals surface area contributed by atoms with Crippen molar-refractivity contribution in [2.45, 2.75) is 51.6 Å². The Morgan fingerprint density at radius 3 is 2.54 bits per heavy atom. The fourth-order valence-electron chi connectivity index (χ4n) is 3.07. The van der Waals surface area contributed by atoms with Crippen molar-refractivity contribution in [3.63, 3.8) is 0 Å². The molecule has 1 aliphatic carbocycles. The van der Waals surface area contributed by atoms with Crippen molar-refractivity contribution in [1.82, 2.24) is 5.32 Å². The van der Waals surface area contributed by atoms with Gasteiger partial charge in [-0.05, 0) is 44.4 Å². The Morgan fingerprint density at radius 2 is 1.96 bits per heavy atom. The highest BCUT2D eigenvalue weighted by molar-refractivity contribution is 5.89. The number of carbonyl (C=O) groups excluding carboxylic acids is 2. The molecule has 2 rings (SSSR count). The molecule has 2 unspecified atom stereocenters. The maximum Gasteiger partial charge on any atom is 0.338 e. The van der Waals surface area contributed by atoms with Crippen molar-refractivity contribution in [3.8, 4) is 0 Å². The summed E-state index contributed by atoms with van der Waals surface area (Å²) in [5, 5.41) is 2.96. The third-order valence-corrected chi connectivity index (χ3v) is 4.50. The van der Waals surface area contributed by atoms with Gasteiger partial charge in [-0.2, -0.15) is 0 Å². The van der Waals surface area contributed by atoms with Gasteiger partial charge in [0.1, 0.15) is 0 Å². The normalized spacial score (nSPS) is 23.0. The Balaban J connectivity index is 0.00000288. The number of nitrogens with one attached hydrogen (secondary N) is 1. The molecule has 0 aromatic heterocycles. The number of halogens is 1. The average molecular weight is 355 g/mol. The van der Waals surface area contributed by atoms with E-state index in [4.69, 9.17) is 10.5 Å². The summed E-state index contributed by atoms with van der Waals surface area (Å²) in [6.45, 7) is 4.53. The Hall–Kier alpha value is -1.59. The molecule has 1 fully saturated rings. The van der Waals surface area contributed by atoms with Crippen LogP contribution in [0.1, 0.15) is 55.5 Å². The maximum atomic E-state index is 12.4. The molecule has 2 atom stereocenters. The predicted molar refractivity (Wildman–Crippen MR) is 96.0 cm³/mol. The smallest absolute Gasteiger partial charge is 0.338 e. The molecule has 134 valence electrons. The van der Waals surface area contributed by atoms with Crippen molar-refractivity contribution in [2.75, 3.05) is 6.61 Å². The lowest BCUT2D eigenvalue weighted by atomic mass is 9.74. The Bertz CT molecular complexity index is 558.